The van der Waals surface area contributed by atoms with Crippen LogP contribution in [0.2, 0.25) is 5.02 Å². The molecule has 0 aliphatic carbocycles. The van der Waals surface area contributed by atoms with E-state index in [-0.39, 0.29) is 17.9 Å². The summed E-state index contributed by atoms with van der Waals surface area (Å²) in [6.45, 7) is 4.73. The number of aliphatic hydroxyl groups excluding tert-OH is 1. The van der Waals surface area contributed by atoms with Gasteiger partial charge in [-0.25, -0.2) is 0 Å². The van der Waals surface area contributed by atoms with E-state index in [2.05, 4.69) is 5.32 Å². The van der Waals surface area contributed by atoms with E-state index in [0.29, 0.717) is 12.3 Å². The van der Waals surface area contributed by atoms with Crippen molar-refractivity contribution in [1.82, 2.24) is 5.32 Å². The first-order valence-corrected chi connectivity index (χ1v) is 8.78. The second-order valence-electron chi connectivity index (χ2n) is 5.26. The van der Waals surface area contributed by atoms with Crippen LogP contribution < -0.4 is 5.32 Å². The maximum Gasteiger partial charge on any atom is 0.230 e. The lowest BCUT2D eigenvalue weighted by Gasteiger charge is -2.29. The van der Waals surface area contributed by atoms with Crippen LogP contribution in [-0.2, 0) is 10.5 Å². The van der Waals surface area contributed by atoms with Crippen molar-refractivity contribution in [2.45, 2.75) is 32.4 Å². The fraction of sp³-hybridized carbons (Fsp3) is 0.562. The minimum atomic E-state index is -0.184. The number of hydrogen-bond acceptors (Lipinski definition) is 3. The number of carbonyl (C=O) groups excluding carboxylic acids is 1. The number of benzene rings is 1. The van der Waals surface area contributed by atoms with Crippen molar-refractivity contribution >= 4 is 29.3 Å². The van der Waals surface area contributed by atoms with Crippen molar-refractivity contribution in [3.05, 3.63) is 34.9 Å². The largest absolute Gasteiger partial charge is 0.396 e. The predicted octanol–water partition coefficient (Wildman–Crippen LogP) is 3.49. The number of halogens is 1. The molecule has 0 heterocycles. The summed E-state index contributed by atoms with van der Waals surface area (Å²) in [5.41, 5.74) is 0.972. The molecule has 0 radical (unpaired) electrons. The lowest BCUT2D eigenvalue weighted by molar-refractivity contribution is -0.119. The quantitative estimate of drug-likeness (QED) is 0.729. The van der Waals surface area contributed by atoms with Gasteiger partial charge in [0, 0.05) is 22.7 Å². The van der Waals surface area contributed by atoms with Gasteiger partial charge in [-0.1, -0.05) is 37.6 Å². The van der Waals surface area contributed by atoms with E-state index in [1.807, 2.05) is 38.1 Å². The van der Waals surface area contributed by atoms with Gasteiger partial charge in [0.15, 0.2) is 0 Å². The molecule has 0 saturated heterocycles. The van der Waals surface area contributed by atoms with Crippen molar-refractivity contribution in [3.63, 3.8) is 0 Å². The van der Waals surface area contributed by atoms with E-state index in [1.165, 1.54) is 0 Å². The lowest BCUT2D eigenvalue weighted by Crippen LogP contribution is -2.40. The van der Waals surface area contributed by atoms with Gasteiger partial charge in [0.25, 0.3) is 0 Å². The zero-order chi connectivity index (χ0) is 15.7. The van der Waals surface area contributed by atoms with Gasteiger partial charge in [-0.3, -0.25) is 4.79 Å². The maximum absolute atomic E-state index is 11.8. The molecule has 118 valence electrons. The Kier molecular flexibility index (Phi) is 8.15. The predicted molar refractivity (Wildman–Crippen MR) is 90.7 cm³/mol. The summed E-state index contributed by atoms with van der Waals surface area (Å²) in [7, 11) is 0. The van der Waals surface area contributed by atoms with Crippen LogP contribution in [0.4, 0.5) is 0 Å². The molecular formula is C16H24ClNO2S. The van der Waals surface area contributed by atoms with Crippen LogP contribution in [0.1, 0.15) is 32.3 Å². The van der Waals surface area contributed by atoms with Crippen LogP contribution in [-0.4, -0.2) is 29.9 Å². The normalized spacial score (nSPS) is 11.4. The second kappa shape index (κ2) is 9.34. The van der Waals surface area contributed by atoms with E-state index < -0.39 is 0 Å². The average molecular weight is 330 g/mol. The fourth-order valence-electron chi connectivity index (χ4n) is 1.96. The van der Waals surface area contributed by atoms with Crippen molar-refractivity contribution in [1.29, 1.82) is 0 Å². The molecule has 5 heteroatoms. The molecule has 0 fully saturated rings. The monoisotopic (exact) mass is 329 g/mol. The Morgan fingerprint density at radius 3 is 2.43 bits per heavy atom. The molecule has 3 nitrogen and oxygen atoms in total. The van der Waals surface area contributed by atoms with Crippen LogP contribution in [0, 0.1) is 5.41 Å². The van der Waals surface area contributed by atoms with Crippen LogP contribution in [0.25, 0.3) is 0 Å². The first kappa shape index (κ1) is 18.3. The van der Waals surface area contributed by atoms with E-state index >= 15 is 0 Å². The number of nitrogens with one attached hydrogen (secondary N) is 1. The summed E-state index contributed by atoms with van der Waals surface area (Å²) in [6, 6.07) is 7.65. The molecular weight excluding hydrogens is 306 g/mol. The minimum absolute atomic E-state index is 0.0219. The third-order valence-electron chi connectivity index (χ3n) is 3.91. The van der Waals surface area contributed by atoms with E-state index in [0.717, 1.165) is 29.2 Å². The van der Waals surface area contributed by atoms with Crippen molar-refractivity contribution < 1.29 is 9.90 Å². The molecule has 0 aliphatic heterocycles. The molecule has 0 bridgehead atoms. The molecule has 0 saturated carbocycles. The summed E-state index contributed by atoms with van der Waals surface area (Å²) in [5.74, 6) is 1.24. The molecule has 0 aliphatic rings. The molecule has 0 unspecified atom stereocenters. The van der Waals surface area contributed by atoms with Crippen molar-refractivity contribution in [2.75, 3.05) is 18.9 Å². The number of thioether (sulfide) groups is 1. The van der Waals surface area contributed by atoms with Gasteiger partial charge in [-0.05, 0) is 30.5 Å². The molecule has 0 atom stereocenters. The van der Waals surface area contributed by atoms with Gasteiger partial charge in [-0.15, -0.1) is 11.8 Å². The number of rotatable bonds is 9. The third kappa shape index (κ3) is 6.29. The van der Waals surface area contributed by atoms with Gasteiger partial charge in [0.05, 0.1) is 12.4 Å². The molecule has 0 spiro atoms. The first-order chi connectivity index (χ1) is 10.0. The summed E-state index contributed by atoms with van der Waals surface area (Å²) in [5, 5.41) is 13.1. The zero-order valence-corrected chi connectivity index (χ0v) is 14.3. The number of aliphatic hydroxyl groups is 1. The molecule has 1 aromatic carbocycles. The summed E-state index contributed by atoms with van der Waals surface area (Å²) < 4.78 is 0. The minimum Gasteiger partial charge on any atom is -0.396 e. The molecule has 1 rings (SSSR count). The van der Waals surface area contributed by atoms with Crippen LogP contribution >= 0.6 is 23.4 Å². The average Bonchev–Trinajstić information content (AvgIpc) is 2.51. The van der Waals surface area contributed by atoms with Gasteiger partial charge in [0.1, 0.15) is 0 Å². The molecule has 1 amide bonds. The highest BCUT2D eigenvalue weighted by Gasteiger charge is 2.25. The topological polar surface area (TPSA) is 49.3 Å². The third-order valence-corrected chi connectivity index (χ3v) is 5.17. The number of carbonyl (C=O) groups is 1. The van der Waals surface area contributed by atoms with E-state index in [9.17, 15) is 9.90 Å². The fourth-order valence-corrected chi connectivity index (χ4v) is 2.90. The Labute approximate surface area is 136 Å². The van der Waals surface area contributed by atoms with Gasteiger partial charge >= 0.3 is 0 Å². The first-order valence-electron chi connectivity index (χ1n) is 7.25. The van der Waals surface area contributed by atoms with Gasteiger partial charge in [0.2, 0.25) is 5.91 Å². The highest BCUT2D eigenvalue weighted by Crippen LogP contribution is 2.24. The van der Waals surface area contributed by atoms with Gasteiger partial charge < -0.3 is 10.4 Å². The Morgan fingerprint density at radius 2 is 1.90 bits per heavy atom. The highest BCUT2D eigenvalue weighted by atomic mass is 35.5. The van der Waals surface area contributed by atoms with Crippen LogP contribution in [0.5, 0.6) is 0 Å². The molecule has 2 N–H and O–H groups in total. The second-order valence-corrected chi connectivity index (χ2v) is 6.68. The smallest absolute Gasteiger partial charge is 0.230 e. The Hall–Kier alpha value is -0.710. The zero-order valence-electron chi connectivity index (χ0n) is 12.7. The standard InChI is InChI=1S/C16H24ClNO2S/c1-3-16(4-2,12-19)11-18-15(20)10-21-9-13-5-7-14(17)8-6-13/h5-8,19H,3-4,9-12H2,1-2H3,(H,18,20). The molecule has 0 aromatic heterocycles. The summed E-state index contributed by atoms with van der Waals surface area (Å²) >= 11 is 7.41. The summed E-state index contributed by atoms with van der Waals surface area (Å²) in [4.78, 5) is 11.8. The van der Waals surface area contributed by atoms with E-state index in [4.69, 9.17) is 11.6 Å². The number of amides is 1. The van der Waals surface area contributed by atoms with Crippen molar-refractivity contribution in [3.8, 4) is 0 Å². The summed E-state index contributed by atoms with van der Waals surface area (Å²) in [6.07, 6.45) is 1.72. The Balaban J connectivity index is 2.29. The Morgan fingerprint density at radius 1 is 1.29 bits per heavy atom. The maximum atomic E-state index is 11.8. The van der Waals surface area contributed by atoms with Crippen LogP contribution in [0.3, 0.4) is 0 Å². The molecule has 1 aromatic rings. The van der Waals surface area contributed by atoms with Crippen molar-refractivity contribution in [2.24, 2.45) is 5.41 Å². The molecule has 21 heavy (non-hydrogen) atoms. The SMILES string of the molecule is CCC(CC)(CO)CNC(=O)CSCc1ccc(Cl)cc1. The Bertz CT molecular complexity index is 424. The lowest BCUT2D eigenvalue weighted by atomic mass is 9.83. The number of hydrogen-bond donors (Lipinski definition) is 2. The van der Waals surface area contributed by atoms with Crippen LogP contribution in [0.15, 0.2) is 24.3 Å². The van der Waals surface area contributed by atoms with Gasteiger partial charge in [-0.2, -0.15) is 0 Å². The van der Waals surface area contributed by atoms with E-state index in [1.54, 1.807) is 11.8 Å². The highest BCUT2D eigenvalue weighted by molar-refractivity contribution is 7.99.